The van der Waals surface area contributed by atoms with E-state index in [0.717, 1.165) is 71.6 Å². The summed E-state index contributed by atoms with van der Waals surface area (Å²) in [5.74, 6) is 1.10. The number of carbonyl (C=O) groups is 1. The van der Waals surface area contributed by atoms with Crippen LogP contribution in [0.2, 0.25) is 0 Å². The van der Waals surface area contributed by atoms with E-state index >= 15 is 0 Å². The second-order valence-corrected chi connectivity index (χ2v) is 14.8. The molecule has 5 aromatic carbocycles. The maximum Gasteiger partial charge on any atom is 0.319 e. The largest absolute Gasteiger partial charge is 0.457 e. The summed E-state index contributed by atoms with van der Waals surface area (Å²) in [6, 6.07) is 41.1. The number of nitrogens with zero attached hydrogens (tertiary/aromatic N) is 1. The Balaban J connectivity index is 0.928. The molecule has 0 saturated carbocycles. The second-order valence-electron chi connectivity index (χ2n) is 14.8. The number of benzene rings is 5. The minimum atomic E-state index is -0.580. The predicted molar refractivity (Wildman–Crippen MR) is 214 cm³/mol. The van der Waals surface area contributed by atoms with Crippen molar-refractivity contribution < 1.29 is 33.6 Å². The Hall–Kier alpha value is -5.07. The van der Waals surface area contributed by atoms with Crippen molar-refractivity contribution in [3.63, 3.8) is 0 Å². The molecule has 0 aliphatic carbocycles. The van der Waals surface area contributed by atoms with Gasteiger partial charge in [0.15, 0.2) is 12.1 Å². The Labute approximate surface area is 328 Å². The summed E-state index contributed by atoms with van der Waals surface area (Å²) in [6.07, 6.45) is 0.833. The van der Waals surface area contributed by atoms with Crippen molar-refractivity contribution in [2.45, 2.75) is 57.2 Å². The lowest BCUT2D eigenvalue weighted by atomic mass is 9.89. The molecule has 3 fully saturated rings. The fourth-order valence-corrected chi connectivity index (χ4v) is 7.76. The molecular formula is C46H49N3O7. The number of aliphatic hydroxyl groups is 1. The number of urea groups is 1. The number of hydrogen-bond donors (Lipinski definition) is 3. The highest BCUT2D eigenvalue weighted by Gasteiger charge is 2.43. The van der Waals surface area contributed by atoms with E-state index in [2.05, 4.69) is 64.9 Å². The van der Waals surface area contributed by atoms with Gasteiger partial charge in [0, 0.05) is 56.2 Å². The summed E-state index contributed by atoms with van der Waals surface area (Å²) >= 11 is 0. The van der Waals surface area contributed by atoms with E-state index in [1.165, 1.54) is 0 Å². The third-order valence-corrected chi connectivity index (χ3v) is 11.0. The van der Waals surface area contributed by atoms with Crippen LogP contribution in [0.25, 0.3) is 11.1 Å². The molecule has 0 aromatic heterocycles. The van der Waals surface area contributed by atoms with Crippen LogP contribution in [0.3, 0.4) is 0 Å². The molecule has 4 unspecified atom stereocenters. The average Bonchev–Trinajstić information content (AvgIpc) is 3.70. The molecule has 3 heterocycles. The van der Waals surface area contributed by atoms with Gasteiger partial charge in [-0.15, -0.1) is 0 Å². The SMILES string of the molecule is CC1C(CN2CCC3(CC2)OCCO3)OC(c2cccc(-c3cccc(CNC(=O)Nc4ccc(Oc5ccccc5)cc4)c3)c2)OC1c1ccc(CO)cc1. The number of piperidine rings is 1. The zero-order chi connectivity index (χ0) is 38.3. The van der Waals surface area contributed by atoms with Gasteiger partial charge in [0.05, 0.1) is 32.0 Å². The smallest absolute Gasteiger partial charge is 0.319 e. The number of likely N-dealkylation sites (tertiary alicyclic amines) is 1. The van der Waals surface area contributed by atoms with Crippen LogP contribution >= 0.6 is 0 Å². The molecule has 5 aromatic rings. The van der Waals surface area contributed by atoms with Gasteiger partial charge >= 0.3 is 6.03 Å². The van der Waals surface area contributed by atoms with Crippen molar-refractivity contribution in [3.8, 4) is 22.6 Å². The first-order valence-electron chi connectivity index (χ1n) is 19.5. The Morgan fingerprint density at radius 3 is 2.20 bits per heavy atom. The average molecular weight is 756 g/mol. The van der Waals surface area contributed by atoms with Crippen molar-refractivity contribution in [2.75, 3.05) is 38.2 Å². The van der Waals surface area contributed by atoms with Crippen LogP contribution in [0.1, 0.15) is 54.4 Å². The maximum absolute atomic E-state index is 12.8. The first-order valence-corrected chi connectivity index (χ1v) is 19.5. The Morgan fingerprint density at radius 2 is 1.46 bits per heavy atom. The third kappa shape index (κ3) is 9.13. The fraction of sp³-hybridized carbons (Fsp3) is 0.326. The quantitative estimate of drug-likeness (QED) is 0.123. The number of rotatable bonds is 11. The number of para-hydroxylation sites is 1. The summed E-state index contributed by atoms with van der Waals surface area (Å²) < 4.78 is 31.5. The third-order valence-electron chi connectivity index (χ3n) is 11.0. The highest BCUT2D eigenvalue weighted by molar-refractivity contribution is 5.89. The molecule has 56 heavy (non-hydrogen) atoms. The monoisotopic (exact) mass is 755 g/mol. The first-order chi connectivity index (χ1) is 27.4. The van der Waals surface area contributed by atoms with Gasteiger partial charge in [-0.25, -0.2) is 4.79 Å². The Morgan fingerprint density at radius 1 is 0.768 bits per heavy atom. The van der Waals surface area contributed by atoms with E-state index in [4.69, 9.17) is 23.7 Å². The van der Waals surface area contributed by atoms with E-state index in [1.54, 1.807) is 0 Å². The zero-order valence-corrected chi connectivity index (χ0v) is 31.6. The van der Waals surface area contributed by atoms with Gasteiger partial charge in [-0.2, -0.15) is 0 Å². The Kier molecular flexibility index (Phi) is 11.7. The van der Waals surface area contributed by atoms with Crippen molar-refractivity contribution in [3.05, 3.63) is 150 Å². The molecule has 290 valence electrons. The molecule has 0 bridgehead atoms. The van der Waals surface area contributed by atoms with Crippen molar-refractivity contribution >= 4 is 11.7 Å². The summed E-state index contributed by atoms with van der Waals surface area (Å²) in [7, 11) is 0. The van der Waals surface area contributed by atoms with Gasteiger partial charge in [0.25, 0.3) is 0 Å². The number of aliphatic hydroxyl groups excluding tert-OH is 1. The normalized spacial score (nSPS) is 22.1. The standard InChI is InChI=1S/C46H49N3O7/c1-32-42(30-49-23-21-46(22-24-49)52-25-26-53-46)55-44(56-43(32)35-15-13-33(31-50)14-16-35)38-10-6-9-37(28-38)36-8-5-7-34(27-36)29-47-45(51)48-39-17-19-41(20-18-39)54-40-11-3-2-4-12-40/h2-20,27-28,32,42-44,50H,21-26,29-31H2,1H3,(H2,47,48,51). The van der Waals surface area contributed by atoms with Gasteiger partial charge in [-0.05, 0) is 76.3 Å². The zero-order valence-electron chi connectivity index (χ0n) is 31.6. The van der Waals surface area contributed by atoms with E-state index in [0.29, 0.717) is 31.2 Å². The lowest BCUT2D eigenvalue weighted by molar-refractivity contribution is -0.278. The molecular weight excluding hydrogens is 707 g/mol. The first kappa shape index (κ1) is 37.8. The highest BCUT2D eigenvalue weighted by atomic mass is 16.7. The second kappa shape index (κ2) is 17.4. The summed E-state index contributed by atoms with van der Waals surface area (Å²) in [6.45, 7) is 6.43. The van der Waals surface area contributed by atoms with Gasteiger partial charge in [0.1, 0.15) is 11.5 Å². The fourth-order valence-electron chi connectivity index (χ4n) is 7.76. The number of ether oxygens (including phenoxy) is 5. The molecule has 0 radical (unpaired) electrons. The summed E-state index contributed by atoms with van der Waals surface area (Å²) in [4.78, 5) is 15.3. The van der Waals surface area contributed by atoms with Gasteiger partial charge in [-0.3, -0.25) is 0 Å². The van der Waals surface area contributed by atoms with Crippen molar-refractivity contribution in [1.29, 1.82) is 0 Å². The van der Waals surface area contributed by atoms with E-state index in [-0.39, 0.29) is 30.8 Å². The minimum Gasteiger partial charge on any atom is -0.457 e. The summed E-state index contributed by atoms with van der Waals surface area (Å²) in [5.41, 5.74) is 6.55. The van der Waals surface area contributed by atoms with Crippen molar-refractivity contribution in [2.24, 2.45) is 5.92 Å². The molecule has 3 saturated heterocycles. The van der Waals surface area contributed by atoms with Crippen LogP contribution in [-0.2, 0) is 32.1 Å². The van der Waals surface area contributed by atoms with Crippen LogP contribution in [0.15, 0.2) is 127 Å². The van der Waals surface area contributed by atoms with Gasteiger partial charge in [-0.1, -0.05) is 85.8 Å². The van der Waals surface area contributed by atoms with Crippen LogP contribution in [0.5, 0.6) is 11.5 Å². The molecule has 3 N–H and O–H groups in total. The molecule has 10 heteroatoms. The van der Waals surface area contributed by atoms with E-state index < -0.39 is 12.1 Å². The number of carbonyl (C=O) groups excluding carboxylic acids is 1. The van der Waals surface area contributed by atoms with Crippen LogP contribution < -0.4 is 15.4 Å². The lowest BCUT2D eigenvalue weighted by Gasteiger charge is -2.44. The van der Waals surface area contributed by atoms with Gasteiger partial charge in [0.2, 0.25) is 0 Å². The highest BCUT2D eigenvalue weighted by Crippen LogP contribution is 2.43. The molecule has 2 amide bonds. The van der Waals surface area contributed by atoms with Crippen molar-refractivity contribution in [1.82, 2.24) is 10.2 Å². The Bertz CT molecular complexity index is 2040. The molecule has 3 aliphatic heterocycles. The topological polar surface area (TPSA) is 111 Å². The number of hydrogen-bond acceptors (Lipinski definition) is 8. The number of nitrogens with one attached hydrogen (secondary N) is 2. The van der Waals surface area contributed by atoms with Crippen LogP contribution in [0, 0.1) is 5.92 Å². The van der Waals surface area contributed by atoms with Crippen LogP contribution in [-0.4, -0.2) is 60.8 Å². The predicted octanol–water partition coefficient (Wildman–Crippen LogP) is 8.59. The van der Waals surface area contributed by atoms with E-state index in [1.807, 2.05) is 84.9 Å². The minimum absolute atomic E-state index is 0.00265. The number of amides is 2. The molecule has 3 aliphatic rings. The maximum atomic E-state index is 12.8. The summed E-state index contributed by atoms with van der Waals surface area (Å²) in [5, 5.41) is 15.5. The van der Waals surface area contributed by atoms with Crippen LogP contribution in [0.4, 0.5) is 10.5 Å². The van der Waals surface area contributed by atoms with E-state index in [9.17, 15) is 9.90 Å². The lowest BCUT2D eigenvalue weighted by Crippen LogP contribution is -2.50. The van der Waals surface area contributed by atoms with Gasteiger partial charge < -0.3 is 44.3 Å². The molecule has 8 rings (SSSR count). The molecule has 1 spiro atoms. The number of anilines is 1. The molecule has 10 nitrogen and oxygen atoms in total. The molecule has 4 atom stereocenters.